The van der Waals surface area contributed by atoms with E-state index < -0.39 is 28.7 Å². The van der Waals surface area contributed by atoms with E-state index in [1.165, 1.54) is 13.0 Å². The van der Waals surface area contributed by atoms with Gasteiger partial charge in [-0.25, -0.2) is 9.18 Å². The Morgan fingerprint density at radius 3 is 2.63 bits per heavy atom. The normalized spacial score (nSPS) is 11.1. The van der Waals surface area contributed by atoms with Gasteiger partial charge in [-0.2, -0.15) is 5.26 Å². The van der Waals surface area contributed by atoms with Crippen LogP contribution in [0.4, 0.5) is 21.5 Å². The summed E-state index contributed by atoms with van der Waals surface area (Å²) in [4.78, 5) is 34.3. The lowest BCUT2D eigenvalue weighted by Gasteiger charge is -2.15. The van der Waals surface area contributed by atoms with E-state index in [-0.39, 0.29) is 28.2 Å². The summed E-state index contributed by atoms with van der Waals surface area (Å²) in [5.74, 6) is -2.33. The Morgan fingerprint density at radius 2 is 2.04 bits per heavy atom. The Balaban J connectivity index is 2.11. The highest BCUT2D eigenvalue weighted by atomic mass is 19.1. The first kappa shape index (κ1) is 19.3. The predicted molar refractivity (Wildman–Crippen MR) is 92.1 cm³/mol. The molecule has 0 radical (unpaired) electrons. The number of esters is 1. The third kappa shape index (κ3) is 4.55. The molecule has 2 aromatic carbocycles. The number of nitriles is 1. The first-order chi connectivity index (χ1) is 12.7. The highest BCUT2D eigenvalue weighted by Gasteiger charge is 2.22. The van der Waals surface area contributed by atoms with Crippen molar-refractivity contribution in [3.8, 4) is 6.07 Å². The van der Waals surface area contributed by atoms with Crippen molar-refractivity contribution in [2.75, 3.05) is 11.1 Å². The van der Waals surface area contributed by atoms with Gasteiger partial charge in [-0.15, -0.1) is 0 Å². The van der Waals surface area contributed by atoms with Crippen LogP contribution < -0.4 is 11.1 Å². The summed E-state index contributed by atoms with van der Waals surface area (Å²) in [5, 5.41) is 22.2. The molecule has 0 aliphatic heterocycles. The lowest BCUT2D eigenvalue weighted by atomic mass is 10.1. The van der Waals surface area contributed by atoms with Gasteiger partial charge in [0.15, 0.2) is 6.10 Å². The molecule has 0 heterocycles. The average Bonchev–Trinajstić information content (AvgIpc) is 2.61. The minimum absolute atomic E-state index is 0.0253. The number of carbonyl (C=O) groups is 2. The molecule has 138 valence electrons. The van der Waals surface area contributed by atoms with Gasteiger partial charge in [-0.05, 0) is 31.2 Å². The van der Waals surface area contributed by atoms with Crippen LogP contribution in [0.15, 0.2) is 36.4 Å². The number of ether oxygens (including phenoxy) is 1. The van der Waals surface area contributed by atoms with Gasteiger partial charge in [0.2, 0.25) is 0 Å². The summed E-state index contributed by atoms with van der Waals surface area (Å²) in [5.41, 5.74) is 4.88. The summed E-state index contributed by atoms with van der Waals surface area (Å²) in [6.07, 6.45) is -1.27. The Labute approximate surface area is 152 Å². The van der Waals surface area contributed by atoms with Crippen molar-refractivity contribution in [2.24, 2.45) is 0 Å². The molecule has 9 nitrogen and oxygen atoms in total. The first-order valence-electron chi connectivity index (χ1n) is 7.48. The van der Waals surface area contributed by atoms with Crippen LogP contribution in [0.2, 0.25) is 0 Å². The van der Waals surface area contributed by atoms with Crippen molar-refractivity contribution in [3.05, 3.63) is 63.5 Å². The molecular weight excluding hydrogens is 359 g/mol. The smallest absolute Gasteiger partial charge is 0.341 e. The van der Waals surface area contributed by atoms with Crippen LogP contribution in [0.5, 0.6) is 0 Å². The van der Waals surface area contributed by atoms with Crippen LogP contribution in [-0.2, 0) is 9.53 Å². The minimum atomic E-state index is -1.27. The maximum Gasteiger partial charge on any atom is 0.341 e. The topological polar surface area (TPSA) is 148 Å². The number of hydrogen-bond acceptors (Lipinski definition) is 7. The van der Waals surface area contributed by atoms with E-state index in [0.29, 0.717) is 0 Å². The number of nitrogen functional groups attached to an aromatic ring is 1. The molecule has 1 atom stereocenters. The van der Waals surface area contributed by atoms with Gasteiger partial charge in [0.1, 0.15) is 11.9 Å². The summed E-state index contributed by atoms with van der Waals surface area (Å²) in [7, 11) is 0. The molecule has 0 unspecified atom stereocenters. The van der Waals surface area contributed by atoms with E-state index in [1.54, 1.807) is 6.07 Å². The van der Waals surface area contributed by atoms with Gasteiger partial charge in [0.25, 0.3) is 11.6 Å². The van der Waals surface area contributed by atoms with Gasteiger partial charge in [0, 0.05) is 17.8 Å². The molecule has 0 spiro atoms. The number of halogens is 1. The second kappa shape index (κ2) is 7.92. The zero-order valence-electron chi connectivity index (χ0n) is 13.9. The molecule has 0 fully saturated rings. The fourth-order valence-electron chi connectivity index (χ4n) is 2.08. The molecular formula is C17H13FN4O5. The van der Waals surface area contributed by atoms with Gasteiger partial charge < -0.3 is 15.8 Å². The quantitative estimate of drug-likeness (QED) is 0.354. The number of nitrogens with two attached hydrogens (primary N) is 1. The number of hydrogen-bond donors (Lipinski definition) is 2. The van der Waals surface area contributed by atoms with Crippen molar-refractivity contribution in [1.82, 2.24) is 0 Å². The zero-order valence-corrected chi connectivity index (χ0v) is 13.9. The highest BCUT2D eigenvalue weighted by Crippen LogP contribution is 2.22. The zero-order chi connectivity index (χ0) is 20.1. The van der Waals surface area contributed by atoms with Crippen molar-refractivity contribution < 1.29 is 23.6 Å². The Kier molecular flexibility index (Phi) is 5.67. The number of nitro groups is 1. The van der Waals surface area contributed by atoms with Crippen LogP contribution in [0.25, 0.3) is 0 Å². The SMILES string of the molecule is C[C@H](OC(=O)c1ccc(F)cc1N)C(=O)Nc1ccc([N+](=O)[O-])cc1C#N. The second-order valence-electron chi connectivity index (χ2n) is 5.37. The third-order valence-electron chi connectivity index (χ3n) is 3.48. The average molecular weight is 372 g/mol. The number of nitrogens with one attached hydrogen (secondary N) is 1. The van der Waals surface area contributed by atoms with E-state index >= 15 is 0 Å². The number of non-ortho nitro benzene ring substituents is 1. The van der Waals surface area contributed by atoms with Gasteiger partial charge >= 0.3 is 5.97 Å². The van der Waals surface area contributed by atoms with E-state index in [2.05, 4.69) is 5.32 Å². The van der Waals surface area contributed by atoms with Crippen LogP contribution >= 0.6 is 0 Å². The highest BCUT2D eigenvalue weighted by molar-refractivity contribution is 6.00. The number of nitro benzene ring substituents is 1. The Morgan fingerprint density at radius 1 is 1.33 bits per heavy atom. The van der Waals surface area contributed by atoms with Crippen LogP contribution in [0.3, 0.4) is 0 Å². The minimum Gasteiger partial charge on any atom is -0.449 e. The molecule has 27 heavy (non-hydrogen) atoms. The molecule has 1 amide bonds. The number of amides is 1. The largest absolute Gasteiger partial charge is 0.449 e. The van der Waals surface area contributed by atoms with Crippen molar-refractivity contribution >= 4 is 28.9 Å². The molecule has 0 saturated carbocycles. The maximum absolute atomic E-state index is 13.0. The third-order valence-corrected chi connectivity index (χ3v) is 3.48. The standard InChI is InChI=1S/C17H13FN4O5/c1-9(27-17(24)13-4-2-11(18)7-14(13)20)16(23)21-15-5-3-12(22(25)26)6-10(15)8-19/h2-7,9H,20H2,1H3,(H,21,23)/t9-/m0/s1. The molecule has 0 aliphatic rings. The maximum atomic E-state index is 13.0. The summed E-state index contributed by atoms with van der Waals surface area (Å²) < 4.78 is 18.0. The number of rotatable bonds is 5. The van der Waals surface area contributed by atoms with Crippen molar-refractivity contribution in [2.45, 2.75) is 13.0 Å². The number of anilines is 2. The molecule has 2 rings (SSSR count). The second-order valence-corrected chi connectivity index (χ2v) is 5.37. The van der Waals surface area contributed by atoms with E-state index in [1.807, 2.05) is 0 Å². The monoisotopic (exact) mass is 372 g/mol. The first-order valence-corrected chi connectivity index (χ1v) is 7.48. The van der Waals surface area contributed by atoms with Gasteiger partial charge in [-0.1, -0.05) is 0 Å². The number of benzene rings is 2. The molecule has 3 N–H and O–H groups in total. The van der Waals surface area contributed by atoms with Crippen molar-refractivity contribution in [1.29, 1.82) is 5.26 Å². The van der Waals surface area contributed by atoms with E-state index in [9.17, 15) is 24.1 Å². The van der Waals surface area contributed by atoms with Crippen LogP contribution in [0, 0.1) is 27.3 Å². The molecule has 0 aliphatic carbocycles. The molecule has 0 aromatic heterocycles. The van der Waals surface area contributed by atoms with Crippen molar-refractivity contribution in [3.63, 3.8) is 0 Å². The van der Waals surface area contributed by atoms with E-state index in [0.717, 1.165) is 30.3 Å². The number of nitrogens with zero attached hydrogens (tertiary/aromatic N) is 2. The molecule has 2 aromatic rings. The fraction of sp³-hybridized carbons (Fsp3) is 0.118. The Hall–Kier alpha value is -4.00. The van der Waals surface area contributed by atoms with Gasteiger partial charge in [0.05, 0.1) is 21.7 Å². The molecule has 0 saturated heterocycles. The van der Waals surface area contributed by atoms with E-state index in [4.69, 9.17) is 15.7 Å². The van der Waals surface area contributed by atoms with Crippen LogP contribution in [-0.4, -0.2) is 22.9 Å². The van der Waals surface area contributed by atoms with Gasteiger partial charge in [-0.3, -0.25) is 14.9 Å². The number of carbonyl (C=O) groups excluding carboxylic acids is 2. The Bertz CT molecular complexity index is 970. The lowest BCUT2D eigenvalue weighted by Crippen LogP contribution is -2.30. The lowest BCUT2D eigenvalue weighted by molar-refractivity contribution is -0.384. The summed E-state index contributed by atoms with van der Waals surface area (Å²) in [6, 6.07) is 8.14. The summed E-state index contributed by atoms with van der Waals surface area (Å²) in [6.45, 7) is 1.28. The van der Waals surface area contributed by atoms with Crippen LogP contribution in [0.1, 0.15) is 22.8 Å². The predicted octanol–water partition coefficient (Wildman–Crippen LogP) is 2.37. The summed E-state index contributed by atoms with van der Waals surface area (Å²) >= 11 is 0. The molecule has 10 heteroatoms. The molecule has 0 bridgehead atoms. The fourth-order valence-corrected chi connectivity index (χ4v) is 2.08.